The molecular formula is C5H12O3P2+2. The standard InChI is InChI=1S/C5H12O3P2/c1-8-4-5(9(2)6)10(3)7/h5H,4H2,1-3H3/q+2. The molecule has 0 radical (unpaired) electrons. The number of methoxy groups -OCH3 is 1. The highest BCUT2D eigenvalue weighted by Gasteiger charge is 2.39. The summed E-state index contributed by atoms with van der Waals surface area (Å²) in [4.78, 5) is 0. The van der Waals surface area contributed by atoms with Gasteiger partial charge in [-0.3, -0.25) is 0 Å². The van der Waals surface area contributed by atoms with Gasteiger partial charge in [-0.15, -0.1) is 0 Å². The van der Waals surface area contributed by atoms with Crippen LogP contribution in [0, 0.1) is 0 Å². The van der Waals surface area contributed by atoms with Crippen LogP contribution >= 0.6 is 15.6 Å². The molecule has 2 unspecified atom stereocenters. The molecule has 0 amide bonds. The van der Waals surface area contributed by atoms with E-state index < -0.39 is 15.6 Å². The molecule has 10 heavy (non-hydrogen) atoms. The highest BCUT2D eigenvalue weighted by molar-refractivity contribution is 7.63. The van der Waals surface area contributed by atoms with Crippen LogP contribution in [0.4, 0.5) is 0 Å². The lowest BCUT2D eigenvalue weighted by Gasteiger charge is -1.90. The first kappa shape index (κ1) is 10.2. The first-order valence-corrected chi connectivity index (χ1v) is 6.43. The Kier molecular flexibility index (Phi) is 4.98. The second-order valence-electron chi connectivity index (χ2n) is 2.03. The maximum atomic E-state index is 10.9. The highest BCUT2D eigenvalue weighted by atomic mass is 31.2. The van der Waals surface area contributed by atoms with Gasteiger partial charge in [0.2, 0.25) is 0 Å². The smallest absolute Gasteiger partial charge is 0.375 e. The SMILES string of the molecule is COCC([P+](C)=O)[P+](C)=O. The maximum Gasteiger partial charge on any atom is 0.392 e. The van der Waals surface area contributed by atoms with Gasteiger partial charge in [-0.05, 0) is 0 Å². The monoisotopic (exact) mass is 182 g/mol. The van der Waals surface area contributed by atoms with Crippen molar-refractivity contribution in [1.29, 1.82) is 0 Å². The molecule has 0 aromatic rings. The average molecular weight is 182 g/mol. The molecule has 0 bridgehead atoms. The van der Waals surface area contributed by atoms with Gasteiger partial charge >= 0.3 is 21.0 Å². The fourth-order valence-corrected chi connectivity index (χ4v) is 3.14. The van der Waals surface area contributed by atoms with E-state index in [9.17, 15) is 9.13 Å². The molecule has 0 N–H and O–H groups in total. The molecule has 0 saturated carbocycles. The molecule has 5 heteroatoms. The number of rotatable bonds is 4. The fraction of sp³-hybridized carbons (Fsp3) is 1.00. The van der Waals surface area contributed by atoms with Crippen molar-refractivity contribution >= 4 is 15.6 Å². The van der Waals surface area contributed by atoms with Gasteiger partial charge in [0.25, 0.3) is 0 Å². The van der Waals surface area contributed by atoms with Crippen LogP contribution in [0.5, 0.6) is 0 Å². The lowest BCUT2D eigenvalue weighted by molar-refractivity contribution is 0.211. The predicted octanol–water partition coefficient (Wildman–Crippen LogP) is 1.87. The van der Waals surface area contributed by atoms with Gasteiger partial charge in [0, 0.05) is 7.11 Å². The van der Waals surface area contributed by atoms with Crippen molar-refractivity contribution in [2.24, 2.45) is 0 Å². The summed E-state index contributed by atoms with van der Waals surface area (Å²) in [5, 5.41) is -0.269. The van der Waals surface area contributed by atoms with Crippen LogP contribution in [0.2, 0.25) is 0 Å². The van der Waals surface area contributed by atoms with Crippen LogP contribution in [0.3, 0.4) is 0 Å². The minimum atomic E-state index is -1.37. The number of hydrogen-bond donors (Lipinski definition) is 0. The molecule has 0 aliphatic rings. The minimum Gasteiger partial charge on any atom is -0.375 e. The Morgan fingerprint density at radius 3 is 1.80 bits per heavy atom. The molecule has 0 spiro atoms. The second kappa shape index (κ2) is 4.90. The molecule has 3 nitrogen and oxygen atoms in total. The predicted molar refractivity (Wildman–Crippen MR) is 42.7 cm³/mol. The largest absolute Gasteiger partial charge is 0.392 e. The maximum absolute atomic E-state index is 10.9. The van der Waals surface area contributed by atoms with Crippen LogP contribution in [0.1, 0.15) is 0 Å². The summed E-state index contributed by atoms with van der Waals surface area (Å²) >= 11 is 0. The molecule has 0 heterocycles. The van der Waals surface area contributed by atoms with E-state index >= 15 is 0 Å². The second-order valence-corrected chi connectivity index (χ2v) is 5.87. The summed E-state index contributed by atoms with van der Waals surface area (Å²) in [7, 11) is -1.22. The van der Waals surface area contributed by atoms with Crippen LogP contribution in [-0.2, 0) is 13.9 Å². The summed E-state index contributed by atoms with van der Waals surface area (Å²) in [6.07, 6.45) is 0. The van der Waals surface area contributed by atoms with Gasteiger partial charge in [0.15, 0.2) is 0 Å². The van der Waals surface area contributed by atoms with E-state index in [1.165, 1.54) is 7.11 Å². The third-order valence-electron chi connectivity index (χ3n) is 1.16. The average Bonchev–Trinajstić information content (AvgIpc) is 1.81. The van der Waals surface area contributed by atoms with Crippen molar-refractivity contribution in [1.82, 2.24) is 0 Å². The van der Waals surface area contributed by atoms with E-state index in [4.69, 9.17) is 4.74 Å². The Bertz CT molecular complexity index is 132. The summed E-state index contributed by atoms with van der Waals surface area (Å²) < 4.78 is 26.5. The van der Waals surface area contributed by atoms with Gasteiger partial charge in [-0.25, -0.2) is 0 Å². The Labute approximate surface area is 62.7 Å². The lowest BCUT2D eigenvalue weighted by Crippen LogP contribution is -2.04. The van der Waals surface area contributed by atoms with Crippen molar-refractivity contribution in [3.63, 3.8) is 0 Å². The molecule has 2 atom stereocenters. The molecular weight excluding hydrogens is 170 g/mol. The van der Waals surface area contributed by atoms with Gasteiger partial charge in [0.05, 0.1) is 0 Å². The fourth-order valence-electron chi connectivity index (χ4n) is 0.588. The molecule has 0 aliphatic carbocycles. The Morgan fingerprint density at radius 2 is 1.70 bits per heavy atom. The van der Waals surface area contributed by atoms with E-state index in [0.717, 1.165) is 0 Å². The normalized spacial score (nSPS) is 16.3. The van der Waals surface area contributed by atoms with Crippen LogP contribution in [0.15, 0.2) is 0 Å². The summed E-state index contributed by atoms with van der Waals surface area (Å²) in [5.74, 6) is 0. The third kappa shape index (κ3) is 3.36. The summed E-state index contributed by atoms with van der Waals surface area (Å²) in [6, 6.07) is 0. The van der Waals surface area contributed by atoms with Gasteiger partial charge in [-0.2, -0.15) is 0 Å². The summed E-state index contributed by atoms with van der Waals surface area (Å²) in [5.41, 5.74) is 0. The van der Waals surface area contributed by atoms with Crippen molar-refractivity contribution in [2.75, 3.05) is 27.0 Å². The third-order valence-corrected chi connectivity index (χ3v) is 5.08. The summed E-state index contributed by atoms with van der Waals surface area (Å²) in [6.45, 7) is 3.49. The Hall–Kier alpha value is 0.160. The molecule has 0 fully saturated rings. The zero-order chi connectivity index (χ0) is 8.15. The molecule has 0 saturated heterocycles. The van der Waals surface area contributed by atoms with Crippen molar-refractivity contribution in [3.8, 4) is 0 Å². The van der Waals surface area contributed by atoms with E-state index in [-0.39, 0.29) is 5.40 Å². The topological polar surface area (TPSA) is 43.4 Å². The van der Waals surface area contributed by atoms with Gasteiger partial charge in [0.1, 0.15) is 19.9 Å². The van der Waals surface area contributed by atoms with Crippen molar-refractivity contribution in [3.05, 3.63) is 0 Å². The van der Waals surface area contributed by atoms with E-state index in [1.54, 1.807) is 13.3 Å². The van der Waals surface area contributed by atoms with Crippen molar-refractivity contribution in [2.45, 2.75) is 5.40 Å². The number of hydrogen-bond acceptors (Lipinski definition) is 3. The molecule has 0 aliphatic heterocycles. The Balaban J connectivity index is 3.98. The quantitative estimate of drug-likeness (QED) is 0.623. The number of ether oxygens (including phenoxy) is 1. The minimum absolute atomic E-state index is 0.269. The first-order chi connectivity index (χ1) is 4.59. The zero-order valence-electron chi connectivity index (χ0n) is 6.40. The highest BCUT2D eigenvalue weighted by Crippen LogP contribution is 2.39. The van der Waals surface area contributed by atoms with Crippen LogP contribution in [0.25, 0.3) is 0 Å². The molecule has 0 aromatic heterocycles. The lowest BCUT2D eigenvalue weighted by atomic mass is 10.8. The molecule has 0 aromatic carbocycles. The van der Waals surface area contributed by atoms with Crippen molar-refractivity contribution < 1.29 is 13.9 Å². The van der Waals surface area contributed by atoms with E-state index in [0.29, 0.717) is 6.61 Å². The van der Waals surface area contributed by atoms with Gasteiger partial charge in [-0.1, -0.05) is 9.13 Å². The molecule has 0 rings (SSSR count). The van der Waals surface area contributed by atoms with Gasteiger partial charge < -0.3 is 4.74 Å². The zero-order valence-corrected chi connectivity index (χ0v) is 8.19. The first-order valence-electron chi connectivity index (χ1n) is 2.88. The van der Waals surface area contributed by atoms with E-state index in [1.807, 2.05) is 0 Å². The van der Waals surface area contributed by atoms with Crippen LogP contribution < -0.4 is 0 Å². The Morgan fingerprint density at radius 1 is 1.30 bits per heavy atom. The molecule has 58 valence electrons. The van der Waals surface area contributed by atoms with Crippen LogP contribution in [-0.4, -0.2) is 32.4 Å². The van der Waals surface area contributed by atoms with E-state index in [2.05, 4.69) is 0 Å².